The number of oxime groups is 1. The highest BCUT2D eigenvalue weighted by Gasteiger charge is 2.44. The van der Waals surface area contributed by atoms with Gasteiger partial charge in [0.15, 0.2) is 0 Å². The van der Waals surface area contributed by atoms with Gasteiger partial charge in [-0.05, 0) is 29.8 Å². The highest BCUT2D eigenvalue weighted by Crippen LogP contribution is 2.23. The quantitative estimate of drug-likeness (QED) is 0.263. The summed E-state index contributed by atoms with van der Waals surface area (Å²) in [5.74, 6) is 0.693. The molecule has 1 aliphatic heterocycles. The number of hydrogen-bond acceptors (Lipinski definition) is 8. The van der Waals surface area contributed by atoms with E-state index in [1.165, 1.54) is 0 Å². The van der Waals surface area contributed by atoms with Crippen LogP contribution >= 0.6 is 0 Å². The van der Waals surface area contributed by atoms with Gasteiger partial charge in [-0.15, -0.1) is 0 Å². The first kappa shape index (κ1) is 21.1. The largest absolute Gasteiger partial charge is 0.497 e. The summed E-state index contributed by atoms with van der Waals surface area (Å²) >= 11 is 0. The monoisotopic (exact) mass is 420 g/mol. The van der Waals surface area contributed by atoms with Crippen molar-refractivity contribution in [1.29, 1.82) is 0 Å². The summed E-state index contributed by atoms with van der Waals surface area (Å²) in [6.45, 7) is 1.09. The van der Waals surface area contributed by atoms with Crippen molar-refractivity contribution < 1.29 is 27.3 Å². The molecule has 3 rings (SSSR count). The van der Waals surface area contributed by atoms with Gasteiger partial charge in [0.1, 0.15) is 17.0 Å². The highest BCUT2D eigenvalue weighted by atomic mass is 32.2. The van der Waals surface area contributed by atoms with Crippen molar-refractivity contribution in [2.24, 2.45) is 5.16 Å². The fourth-order valence-corrected chi connectivity index (χ4v) is 3.89. The van der Waals surface area contributed by atoms with Crippen molar-refractivity contribution in [1.82, 2.24) is 5.32 Å². The molecule has 0 saturated carbocycles. The van der Waals surface area contributed by atoms with Crippen LogP contribution in [0.2, 0.25) is 0 Å². The molecule has 0 unspecified atom stereocenters. The van der Waals surface area contributed by atoms with Gasteiger partial charge in [-0.1, -0.05) is 35.5 Å². The van der Waals surface area contributed by atoms with Crippen LogP contribution in [0.5, 0.6) is 11.5 Å². The fraction of sp³-hybridized carbons (Fsp3) is 0.350. The van der Waals surface area contributed by atoms with Gasteiger partial charge in [0.25, 0.3) is 0 Å². The minimum absolute atomic E-state index is 0.0185. The molecule has 0 radical (unpaired) electrons. The molecular weight excluding hydrogens is 396 g/mol. The zero-order valence-corrected chi connectivity index (χ0v) is 16.9. The second-order valence-electron chi connectivity index (χ2n) is 6.73. The van der Waals surface area contributed by atoms with E-state index in [0.29, 0.717) is 25.5 Å². The lowest BCUT2D eigenvalue weighted by atomic mass is 9.89. The van der Waals surface area contributed by atoms with Gasteiger partial charge >= 0.3 is 10.1 Å². The Bertz CT molecular complexity index is 925. The maximum absolute atomic E-state index is 12.3. The number of nitrogens with zero attached hydrogens (tertiary/aromatic N) is 1. The number of ether oxygens (including phenoxy) is 2. The van der Waals surface area contributed by atoms with E-state index in [1.54, 1.807) is 37.4 Å². The lowest BCUT2D eigenvalue weighted by Crippen LogP contribution is -2.65. The summed E-state index contributed by atoms with van der Waals surface area (Å²) in [6.07, 6.45) is 0.0185. The Morgan fingerprint density at radius 3 is 2.38 bits per heavy atom. The third-order valence-corrected chi connectivity index (χ3v) is 5.87. The van der Waals surface area contributed by atoms with Gasteiger partial charge in [0, 0.05) is 13.0 Å². The average molecular weight is 420 g/mol. The van der Waals surface area contributed by atoms with Gasteiger partial charge in [0.2, 0.25) is 0 Å². The van der Waals surface area contributed by atoms with Crippen LogP contribution in [0.25, 0.3) is 0 Å². The molecule has 156 valence electrons. The highest BCUT2D eigenvalue weighted by molar-refractivity contribution is 7.87. The van der Waals surface area contributed by atoms with Crippen LogP contribution in [0.4, 0.5) is 0 Å². The predicted octanol–water partition coefficient (Wildman–Crippen LogP) is 2.18. The van der Waals surface area contributed by atoms with Gasteiger partial charge in [-0.2, -0.15) is 8.42 Å². The molecule has 1 heterocycles. The number of methoxy groups -OCH3 is 1. The molecule has 29 heavy (non-hydrogen) atoms. The van der Waals surface area contributed by atoms with E-state index in [0.717, 1.165) is 11.3 Å². The van der Waals surface area contributed by atoms with Crippen molar-refractivity contribution in [3.63, 3.8) is 0 Å². The van der Waals surface area contributed by atoms with Crippen LogP contribution in [0.15, 0.2) is 59.8 Å². The molecule has 2 aromatic rings. The first-order valence-electron chi connectivity index (χ1n) is 9.11. The molecule has 8 nitrogen and oxygen atoms in total. The van der Waals surface area contributed by atoms with Gasteiger partial charge in [-0.3, -0.25) is 5.32 Å². The predicted molar refractivity (Wildman–Crippen MR) is 108 cm³/mol. The third kappa shape index (κ3) is 5.47. The lowest BCUT2D eigenvalue weighted by molar-refractivity contribution is -0.0398. The molecule has 9 heteroatoms. The van der Waals surface area contributed by atoms with E-state index in [2.05, 4.69) is 10.5 Å². The Balaban J connectivity index is 1.60. The zero-order chi connectivity index (χ0) is 20.7. The molecule has 2 N–H and O–H groups in total. The summed E-state index contributed by atoms with van der Waals surface area (Å²) in [4.78, 5) is 0. The summed E-state index contributed by atoms with van der Waals surface area (Å²) < 4.78 is 40.1. The number of rotatable bonds is 10. The average Bonchev–Trinajstić information content (AvgIpc) is 2.70. The fourth-order valence-electron chi connectivity index (χ4n) is 2.96. The minimum atomic E-state index is -3.83. The van der Waals surface area contributed by atoms with E-state index >= 15 is 0 Å². The second kappa shape index (κ2) is 9.25. The second-order valence-corrected chi connectivity index (χ2v) is 8.42. The van der Waals surface area contributed by atoms with Crippen LogP contribution in [0.3, 0.4) is 0 Å². The van der Waals surface area contributed by atoms with Crippen molar-refractivity contribution >= 4 is 15.8 Å². The normalized spacial score (nSPS) is 16.1. The number of nitrogens with one attached hydrogen (secondary N) is 1. The number of para-hydroxylation sites is 1. The van der Waals surface area contributed by atoms with E-state index in [9.17, 15) is 13.6 Å². The van der Waals surface area contributed by atoms with E-state index in [-0.39, 0.29) is 17.9 Å². The SMILES string of the molecule is COc1ccc(CNC2(/C(CCS(=O)(=O)Oc3ccccc3)=N/O)COC2)cc1. The van der Waals surface area contributed by atoms with Crippen molar-refractivity contribution in [2.45, 2.75) is 18.5 Å². The van der Waals surface area contributed by atoms with Crippen LogP contribution in [-0.2, 0) is 21.4 Å². The standard InChI is InChI=1S/C20H24N2O6S/c1-26-17-9-7-16(8-10-17)13-21-20(14-27-15-20)19(22-23)11-12-29(24,25)28-18-5-3-2-4-6-18/h2-10,21,23H,11-15H2,1H3/b22-19+. The van der Waals surface area contributed by atoms with Gasteiger partial charge in [0.05, 0.1) is 31.8 Å². The maximum atomic E-state index is 12.3. The Kier molecular flexibility index (Phi) is 6.73. The molecule has 0 bridgehead atoms. The van der Waals surface area contributed by atoms with Crippen molar-refractivity contribution in [2.75, 3.05) is 26.1 Å². The Labute approximate surface area is 170 Å². The summed E-state index contributed by atoms with van der Waals surface area (Å²) in [5, 5.41) is 16.2. The molecule has 0 amide bonds. The smallest absolute Gasteiger partial charge is 0.309 e. The number of hydrogen-bond donors (Lipinski definition) is 2. The Morgan fingerprint density at radius 2 is 1.83 bits per heavy atom. The molecule has 0 aliphatic carbocycles. The summed E-state index contributed by atoms with van der Waals surface area (Å²) in [7, 11) is -2.23. The first-order valence-corrected chi connectivity index (χ1v) is 10.7. The minimum Gasteiger partial charge on any atom is -0.497 e. The lowest BCUT2D eigenvalue weighted by Gasteiger charge is -2.42. The molecule has 0 aromatic heterocycles. The van der Waals surface area contributed by atoms with Gasteiger partial charge < -0.3 is 18.9 Å². The van der Waals surface area contributed by atoms with E-state index in [1.807, 2.05) is 24.3 Å². The molecule has 0 atom stereocenters. The zero-order valence-electron chi connectivity index (χ0n) is 16.1. The first-order chi connectivity index (χ1) is 14.0. The van der Waals surface area contributed by atoms with E-state index < -0.39 is 15.7 Å². The van der Waals surface area contributed by atoms with Crippen molar-refractivity contribution in [3.05, 3.63) is 60.2 Å². The van der Waals surface area contributed by atoms with Crippen LogP contribution in [-0.4, -0.2) is 51.0 Å². The van der Waals surface area contributed by atoms with Gasteiger partial charge in [-0.25, -0.2) is 0 Å². The summed E-state index contributed by atoms with van der Waals surface area (Å²) in [5.41, 5.74) is 0.614. The van der Waals surface area contributed by atoms with Crippen LogP contribution < -0.4 is 14.2 Å². The Morgan fingerprint density at radius 1 is 1.14 bits per heavy atom. The molecule has 1 saturated heterocycles. The maximum Gasteiger partial charge on any atom is 0.309 e. The molecular formula is C20H24N2O6S. The van der Waals surface area contributed by atoms with Crippen LogP contribution in [0, 0.1) is 0 Å². The molecule has 1 fully saturated rings. The van der Waals surface area contributed by atoms with E-state index in [4.69, 9.17) is 13.7 Å². The molecule has 0 spiro atoms. The van der Waals surface area contributed by atoms with Crippen LogP contribution in [0.1, 0.15) is 12.0 Å². The molecule has 1 aliphatic rings. The topological polar surface area (TPSA) is 106 Å². The van der Waals surface area contributed by atoms with Crippen molar-refractivity contribution in [3.8, 4) is 11.5 Å². The summed E-state index contributed by atoms with van der Waals surface area (Å²) in [6, 6.07) is 15.8. The third-order valence-electron chi connectivity index (χ3n) is 4.72. The molecule has 2 aromatic carbocycles. The number of benzene rings is 2. The Hall–Kier alpha value is -2.62.